The lowest BCUT2D eigenvalue weighted by Crippen LogP contribution is -2.33. The van der Waals surface area contributed by atoms with Gasteiger partial charge in [-0.1, -0.05) is 6.92 Å². The molecule has 2 aromatic heterocycles. The van der Waals surface area contributed by atoms with Crippen LogP contribution in [0.15, 0.2) is 29.1 Å². The SMILES string of the molecule is C[C@H]1CCCN(c2cc(-c3n[nH]c4ccc(OC5(C)CC5)cc34)nn(C)c2=O)CC1. The molecular formula is C23H29N5O2. The highest BCUT2D eigenvalue weighted by molar-refractivity contribution is 5.93. The molecule has 1 N–H and O–H groups in total. The van der Waals surface area contributed by atoms with E-state index in [1.54, 1.807) is 7.05 Å². The first-order chi connectivity index (χ1) is 14.4. The van der Waals surface area contributed by atoms with Crippen LogP contribution in [0.3, 0.4) is 0 Å². The number of benzene rings is 1. The fourth-order valence-electron chi connectivity index (χ4n) is 4.25. The van der Waals surface area contributed by atoms with Gasteiger partial charge in [0.2, 0.25) is 0 Å². The third-order valence-electron chi connectivity index (χ3n) is 6.50. The van der Waals surface area contributed by atoms with Gasteiger partial charge in [0.15, 0.2) is 0 Å². The molecule has 2 aliphatic rings. The van der Waals surface area contributed by atoms with Crippen LogP contribution in [0, 0.1) is 5.92 Å². The van der Waals surface area contributed by atoms with Crippen molar-refractivity contribution in [3.63, 3.8) is 0 Å². The van der Waals surface area contributed by atoms with Gasteiger partial charge < -0.3 is 9.64 Å². The molecule has 0 bridgehead atoms. The van der Waals surface area contributed by atoms with Crippen LogP contribution in [0.2, 0.25) is 0 Å². The summed E-state index contributed by atoms with van der Waals surface area (Å²) in [6.07, 6.45) is 5.59. The number of fused-ring (bicyclic) bond motifs is 1. The van der Waals surface area contributed by atoms with E-state index in [1.165, 1.54) is 11.1 Å². The zero-order chi connectivity index (χ0) is 20.9. The van der Waals surface area contributed by atoms with Crippen molar-refractivity contribution in [2.24, 2.45) is 13.0 Å². The smallest absolute Gasteiger partial charge is 0.290 e. The summed E-state index contributed by atoms with van der Waals surface area (Å²) >= 11 is 0. The van der Waals surface area contributed by atoms with Crippen LogP contribution in [-0.2, 0) is 7.05 Å². The molecule has 0 unspecified atom stereocenters. The minimum Gasteiger partial charge on any atom is -0.488 e. The number of aromatic nitrogens is 4. The zero-order valence-electron chi connectivity index (χ0n) is 17.9. The van der Waals surface area contributed by atoms with E-state index in [0.717, 1.165) is 61.1 Å². The van der Waals surface area contributed by atoms with Crippen molar-refractivity contribution in [2.75, 3.05) is 18.0 Å². The molecule has 2 fully saturated rings. The Morgan fingerprint density at radius 1 is 1.20 bits per heavy atom. The number of anilines is 1. The number of aromatic amines is 1. The zero-order valence-corrected chi connectivity index (χ0v) is 17.9. The van der Waals surface area contributed by atoms with Crippen molar-refractivity contribution in [2.45, 2.75) is 51.6 Å². The van der Waals surface area contributed by atoms with Crippen LogP contribution in [0.25, 0.3) is 22.3 Å². The Bertz CT molecular complexity index is 1140. The third kappa shape index (κ3) is 3.57. The number of hydrogen-bond acceptors (Lipinski definition) is 5. The van der Waals surface area contributed by atoms with E-state index in [-0.39, 0.29) is 11.2 Å². The van der Waals surface area contributed by atoms with Crippen LogP contribution in [0.1, 0.15) is 46.0 Å². The van der Waals surface area contributed by atoms with Gasteiger partial charge >= 0.3 is 0 Å². The fraction of sp³-hybridized carbons (Fsp3) is 0.522. The van der Waals surface area contributed by atoms with E-state index in [9.17, 15) is 4.79 Å². The third-order valence-corrected chi connectivity index (χ3v) is 6.50. The van der Waals surface area contributed by atoms with E-state index >= 15 is 0 Å². The minimum absolute atomic E-state index is 0.0381. The van der Waals surface area contributed by atoms with Gasteiger partial charge in [0.05, 0.1) is 5.52 Å². The number of ether oxygens (including phenoxy) is 1. The average molecular weight is 408 g/mol. The van der Waals surface area contributed by atoms with Crippen LogP contribution in [0.5, 0.6) is 5.75 Å². The number of nitrogens with zero attached hydrogens (tertiary/aromatic N) is 4. The van der Waals surface area contributed by atoms with E-state index in [2.05, 4.69) is 34.0 Å². The van der Waals surface area contributed by atoms with Gasteiger partial charge in [-0.25, -0.2) is 4.68 Å². The Kier molecular flexibility index (Phi) is 4.56. The van der Waals surface area contributed by atoms with Gasteiger partial charge in [-0.2, -0.15) is 10.2 Å². The number of nitrogens with one attached hydrogen (secondary N) is 1. The molecule has 0 amide bonds. The molecule has 1 saturated carbocycles. The van der Waals surface area contributed by atoms with Crippen molar-refractivity contribution in [1.82, 2.24) is 20.0 Å². The molecule has 0 radical (unpaired) electrons. The highest BCUT2D eigenvalue weighted by Crippen LogP contribution is 2.40. The maximum Gasteiger partial charge on any atom is 0.290 e. The number of hydrogen-bond donors (Lipinski definition) is 1. The number of H-pyrrole nitrogens is 1. The molecule has 1 atom stereocenters. The normalized spacial score (nSPS) is 20.9. The molecular weight excluding hydrogens is 378 g/mol. The largest absolute Gasteiger partial charge is 0.488 e. The van der Waals surface area contributed by atoms with E-state index in [4.69, 9.17) is 4.74 Å². The summed E-state index contributed by atoms with van der Waals surface area (Å²) < 4.78 is 7.58. The molecule has 30 heavy (non-hydrogen) atoms. The van der Waals surface area contributed by atoms with Crippen molar-refractivity contribution < 1.29 is 4.74 Å². The monoisotopic (exact) mass is 407 g/mol. The maximum atomic E-state index is 12.9. The first-order valence-corrected chi connectivity index (χ1v) is 10.9. The predicted molar refractivity (Wildman–Crippen MR) is 118 cm³/mol. The highest BCUT2D eigenvalue weighted by Gasteiger charge is 2.40. The summed E-state index contributed by atoms with van der Waals surface area (Å²) in [6, 6.07) is 7.90. The summed E-state index contributed by atoms with van der Waals surface area (Å²) in [6.45, 7) is 6.23. The van der Waals surface area contributed by atoms with Crippen molar-refractivity contribution in [3.05, 3.63) is 34.6 Å². The Morgan fingerprint density at radius 2 is 2.03 bits per heavy atom. The van der Waals surface area contributed by atoms with Crippen LogP contribution in [-0.4, -0.2) is 38.7 Å². The average Bonchev–Trinajstić information content (AvgIpc) is 3.36. The summed E-state index contributed by atoms with van der Waals surface area (Å²) in [5, 5.41) is 13.1. The van der Waals surface area contributed by atoms with Crippen molar-refractivity contribution in [1.29, 1.82) is 0 Å². The van der Waals surface area contributed by atoms with E-state index in [1.807, 2.05) is 24.3 Å². The molecule has 1 aliphatic heterocycles. The summed E-state index contributed by atoms with van der Waals surface area (Å²) in [7, 11) is 1.72. The Balaban J connectivity index is 1.55. The lowest BCUT2D eigenvalue weighted by molar-refractivity contribution is 0.200. The second kappa shape index (κ2) is 7.15. The Labute approximate surface area is 176 Å². The molecule has 158 valence electrons. The first kappa shape index (κ1) is 19.2. The quantitative estimate of drug-likeness (QED) is 0.710. The Hall–Kier alpha value is -2.83. The van der Waals surface area contributed by atoms with Crippen LogP contribution in [0.4, 0.5) is 5.69 Å². The maximum absolute atomic E-state index is 12.9. The summed E-state index contributed by atoms with van der Waals surface area (Å²) in [5.41, 5.74) is 2.99. The van der Waals surface area contributed by atoms with E-state index in [0.29, 0.717) is 17.3 Å². The van der Waals surface area contributed by atoms with Gasteiger partial charge in [0.1, 0.15) is 28.4 Å². The van der Waals surface area contributed by atoms with E-state index < -0.39 is 0 Å². The Morgan fingerprint density at radius 3 is 2.83 bits per heavy atom. The topological polar surface area (TPSA) is 76.0 Å². The fourth-order valence-corrected chi connectivity index (χ4v) is 4.25. The highest BCUT2D eigenvalue weighted by atomic mass is 16.5. The summed E-state index contributed by atoms with van der Waals surface area (Å²) in [4.78, 5) is 15.1. The second-order valence-electron chi connectivity index (χ2n) is 9.20. The van der Waals surface area contributed by atoms with Crippen molar-refractivity contribution >= 4 is 16.6 Å². The standard InChI is InChI=1S/C23H29N5O2/c1-15-5-4-11-28(12-8-15)20-14-19(26-27(3)22(20)29)21-17-13-16(30-23(2)9-10-23)6-7-18(17)24-25-21/h6-7,13-15H,4-5,8-12H2,1-3H3,(H,24,25)/t15-/m0/s1. The molecule has 5 rings (SSSR count). The molecule has 1 aliphatic carbocycles. The van der Waals surface area contributed by atoms with Gasteiger partial charge in [-0.15, -0.1) is 0 Å². The van der Waals surface area contributed by atoms with Gasteiger partial charge in [0.25, 0.3) is 5.56 Å². The molecule has 3 aromatic rings. The van der Waals surface area contributed by atoms with Crippen molar-refractivity contribution in [3.8, 4) is 17.1 Å². The number of rotatable bonds is 4. The van der Waals surface area contributed by atoms with Crippen LogP contribution >= 0.6 is 0 Å². The summed E-state index contributed by atoms with van der Waals surface area (Å²) in [5.74, 6) is 1.54. The van der Waals surface area contributed by atoms with Gasteiger partial charge in [-0.05, 0) is 69.2 Å². The molecule has 7 heteroatoms. The predicted octanol–water partition coefficient (Wildman–Crippen LogP) is 3.88. The molecule has 1 aromatic carbocycles. The lowest BCUT2D eigenvalue weighted by atomic mass is 10.0. The minimum atomic E-state index is -0.0566. The molecule has 7 nitrogen and oxygen atoms in total. The van der Waals surface area contributed by atoms with Gasteiger partial charge in [-0.3, -0.25) is 9.89 Å². The number of aryl methyl sites for hydroxylation is 1. The molecule has 1 saturated heterocycles. The lowest BCUT2D eigenvalue weighted by Gasteiger charge is -2.22. The second-order valence-corrected chi connectivity index (χ2v) is 9.20. The molecule has 3 heterocycles. The van der Waals surface area contributed by atoms with Crippen LogP contribution < -0.4 is 15.2 Å². The first-order valence-electron chi connectivity index (χ1n) is 10.9. The van der Waals surface area contributed by atoms with Gasteiger partial charge in [0, 0.05) is 25.5 Å². The molecule has 0 spiro atoms.